The molecule has 0 saturated carbocycles. The number of methoxy groups -OCH3 is 1. The molecule has 4 aliphatic rings. The lowest BCUT2D eigenvalue weighted by atomic mass is 9.78. The van der Waals surface area contributed by atoms with E-state index in [0.29, 0.717) is 61.3 Å². The lowest BCUT2D eigenvalue weighted by Crippen LogP contribution is -2.57. The van der Waals surface area contributed by atoms with E-state index in [-0.39, 0.29) is 61.2 Å². The number of phenols is 1. The van der Waals surface area contributed by atoms with Crippen LogP contribution in [0.15, 0.2) is 23.2 Å². The van der Waals surface area contributed by atoms with Crippen LogP contribution >= 0.6 is 21.6 Å². The molecule has 13 heteroatoms. The summed E-state index contributed by atoms with van der Waals surface area (Å²) in [6, 6.07) is 5.81. The Labute approximate surface area is 314 Å². The van der Waals surface area contributed by atoms with Crippen LogP contribution in [0.2, 0.25) is 0 Å². The van der Waals surface area contributed by atoms with Crippen LogP contribution in [0, 0.1) is 29.6 Å². The first-order chi connectivity index (χ1) is 25.2. The summed E-state index contributed by atoms with van der Waals surface area (Å²) in [6.07, 6.45) is 1.44. The zero-order valence-electron chi connectivity index (χ0n) is 30.5. The molecule has 6 atom stereocenters. The summed E-state index contributed by atoms with van der Waals surface area (Å²) >= 11 is 0. The maximum Gasteiger partial charge on any atom is 0.201 e. The molecule has 1 aliphatic carbocycles. The number of aliphatic hydroxyl groups excluding tert-OH is 2. The fourth-order valence-corrected chi connectivity index (χ4v) is 10.5. The van der Waals surface area contributed by atoms with Crippen molar-refractivity contribution in [2.45, 2.75) is 89.7 Å². The van der Waals surface area contributed by atoms with Crippen molar-refractivity contribution < 1.29 is 34.3 Å². The van der Waals surface area contributed by atoms with Crippen molar-refractivity contribution in [1.82, 2.24) is 16.0 Å². The number of aliphatic hydroxyl groups is 2. The fourth-order valence-electron chi connectivity index (χ4n) is 7.54. The molecule has 0 spiro atoms. The molecule has 3 heterocycles. The predicted molar refractivity (Wildman–Crippen MR) is 206 cm³/mol. The van der Waals surface area contributed by atoms with E-state index in [2.05, 4.69) is 47.7 Å². The number of phenolic OH excluding ortho intramolecular Hbond substituents is 1. The number of aromatic hydroxyl groups is 1. The number of ketones is 1. The molecule has 6 unspecified atom stereocenters. The van der Waals surface area contributed by atoms with E-state index in [0.717, 1.165) is 46.1 Å². The van der Waals surface area contributed by atoms with Crippen molar-refractivity contribution in [3.8, 4) is 34.8 Å². The summed E-state index contributed by atoms with van der Waals surface area (Å²) in [5.74, 6) is 10.6. The van der Waals surface area contributed by atoms with E-state index in [1.165, 1.54) is 7.11 Å². The maximum atomic E-state index is 13.0. The zero-order chi connectivity index (χ0) is 36.8. The van der Waals surface area contributed by atoms with Gasteiger partial charge in [0, 0.05) is 66.4 Å². The molecular weight excluding hydrogens is 701 g/mol. The highest BCUT2D eigenvalue weighted by atomic mass is 33.1. The predicted octanol–water partition coefficient (Wildman–Crippen LogP) is 3.96. The average Bonchev–Trinajstić information content (AvgIpc) is 3.12. The third kappa shape index (κ3) is 8.91. The number of rotatable bonds is 6. The van der Waals surface area contributed by atoms with E-state index >= 15 is 0 Å². The summed E-state index contributed by atoms with van der Waals surface area (Å²) in [4.78, 5) is 17.8. The standard InChI is InChI=1S/C39H52N4O7S2/c1-22(2)33-20-52-51-19-31(32-14-15-41-39(42-32)43-33)30-18-29-24-9-12-27(45)17-26(44)11-8-23-10-13-34(46)36(48-4)28(23)7-5-6-25(16-24)35(49-21-40-3)37(29)50-38(30)47/h10,13,16,22,27,30-33,38,40,45-47H,6,8-9,11-12,14-15,17-21H2,1-4H3,(H2,41,42,43). The first-order valence-corrected chi connectivity index (χ1v) is 20.8. The van der Waals surface area contributed by atoms with Gasteiger partial charge in [-0.1, -0.05) is 59.4 Å². The van der Waals surface area contributed by atoms with Gasteiger partial charge < -0.3 is 40.2 Å². The highest BCUT2D eigenvalue weighted by molar-refractivity contribution is 8.76. The Morgan fingerprint density at radius 2 is 1.87 bits per heavy atom. The number of hydrogen-bond acceptors (Lipinski definition) is 13. The van der Waals surface area contributed by atoms with Crippen LogP contribution in [-0.2, 0) is 30.5 Å². The van der Waals surface area contributed by atoms with Gasteiger partial charge in [0.25, 0.3) is 0 Å². The Balaban J connectivity index is 1.38. The Kier molecular flexibility index (Phi) is 13.1. The Bertz CT molecular complexity index is 1690. The van der Waals surface area contributed by atoms with Gasteiger partial charge in [-0.2, -0.15) is 0 Å². The molecule has 52 heavy (non-hydrogen) atoms. The quantitative estimate of drug-likeness (QED) is 0.144. The van der Waals surface area contributed by atoms with Crippen molar-refractivity contribution in [3.05, 3.63) is 46.0 Å². The molecule has 6 N–H and O–H groups in total. The molecule has 2 aromatic rings. The Hall–Kier alpha value is -3.28. The second kappa shape index (κ2) is 17.7. The molecule has 1 fully saturated rings. The van der Waals surface area contributed by atoms with Crippen molar-refractivity contribution in [1.29, 1.82) is 0 Å². The van der Waals surface area contributed by atoms with Crippen molar-refractivity contribution in [2.24, 2.45) is 22.7 Å². The van der Waals surface area contributed by atoms with Gasteiger partial charge in [0.15, 0.2) is 29.0 Å². The normalized spacial score (nSPS) is 26.7. The minimum atomic E-state index is -1.07. The molecule has 6 rings (SSSR count). The van der Waals surface area contributed by atoms with E-state index < -0.39 is 12.4 Å². The van der Waals surface area contributed by atoms with Gasteiger partial charge >= 0.3 is 0 Å². The number of fused-ring (bicyclic) bond motifs is 7. The number of hydrogen-bond donors (Lipinski definition) is 6. The second-order valence-electron chi connectivity index (χ2n) is 14.4. The van der Waals surface area contributed by atoms with Crippen molar-refractivity contribution in [2.75, 3.05) is 38.9 Å². The number of aliphatic imine (C=N–C) groups is 1. The molecule has 0 aromatic heterocycles. The number of nitrogens with zero attached hydrogens (tertiary/aromatic N) is 1. The lowest BCUT2D eigenvalue weighted by molar-refractivity contribution is -0.121. The summed E-state index contributed by atoms with van der Waals surface area (Å²) in [6.45, 7) is 5.38. The summed E-state index contributed by atoms with van der Waals surface area (Å²) < 4.78 is 18.4. The summed E-state index contributed by atoms with van der Waals surface area (Å²) in [5.41, 5.74) is 4.04. The summed E-state index contributed by atoms with van der Waals surface area (Å²) in [5, 5.41) is 43.9. The summed E-state index contributed by atoms with van der Waals surface area (Å²) in [7, 11) is 7.00. The van der Waals surface area contributed by atoms with Gasteiger partial charge in [0.2, 0.25) is 6.29 Å². The van der Waals surface area contributed by atoms with Crippen LogP contribution in [0.3, 0.4) is 0 Å². The van der Waals surface area contributed by atoms with Gasteiger partial charge in [0.1, 0.15) is 12.5 Å². The highest BCUT2D eigenvalue weighted by Gasteiger charge is 2.42. The number of nitrogens with one attached hydrogen (secondary N) is 3. The van der Waals surface area contributed by atoms with Gasteiger partial charge in [-0.05, 0) is 68.2 Å². The first kappa shape index (κ1) is 38.4. The minimum absolute atomic E-state index is 0.0309. The van der Waals surface area contributed by atoms with E-state index in [1.807, 2.05) is 21.6 Å². The second-order valence-corrected chi connectivity index (χ2v) is 17.0. The number of carbonyl (C=O) groups excluding carboxylic acids is 1. The van der Waals surface area contributed by atoms with Gasteiger partial charge in [-0.25, -0.2) is 0 Å². The smallest absolute Gasteiger partial charge is 0.201 e. The van der Waals surface area contributed by atoms with Crippen LogP contribution in [0.5, 0.6) is 23.0 Å². The van der Waals surface area contributed by atoms with Crippen LogP contribution < -0.4 is 30.2 Å². The first-order valence-electron chi connectivity index (χ1n) is 18.4. The molecule has 282 valence electrons. The molecule has 0 radical (unpaired) electrons. The van der Waals surface area contributed by atoms with Gasteiger partial charge in [-0.15, -0.1) is 0 Å². The minimum Gasteiger partial charge on any atom is -0.504 e. The Morgan fingerprint density at radius 3 is 2.65 bits per heavy atom. The van der Waals surface area contributed by atoms with E-state index in [1.54, 1.807) is 19.2 Å². The van der Waals surface area contributed by atoms with Crippen LogP contribution in [0.4, 0.5) is 0 Å². The van der Waals surface area contributed by atoms with Crippen LogP contribution in [0.25, 0.3) is 0 Å². The third-order valence-corrected chi connectivity index (χ3v) is 13.0. The Morgan fingerprint density at radius 1 is 1.04 bits per heavy atom. The molecule has 0 amide bonds. The molecule has 11 nitrogen and oxygen atoms in total. The van der Waals surface area contributed by atoms with Crippen LogP contribution in [0.1, 0.15) is 67.3 Å². The molecule has 1 saturated heterocycles. The SMILES string of the molecule is CNCOc1c2cc(c3c1OC(O)C(C1CSSCC(C(C)C)NC4=NCCC1N4)C3)CCC(O)CC(=O)CCc1ccc(O)c(OC)c1C#CC2. The molecular formula is C39H52N4O7S2. The van der Waals surface area contributed by atoms with Gasteiger partial charge in [-0.3, -0.25) is 15.1 Å². The largest absolute Gasteiger partial charge is 0.504 e. The fraction of sp³-hybridized carbons (Fsp3) is 0.590. The monoisotopic (exact) mass is 752 g/mol. The molecule has 3 aliphatic heterocycles. The molecule has 2 aromatic carbocycles. The average molecular weight is 753 g/mol. The molecule has 4 bridgehead atoms. The van der Waals surface area contributed by atoms with Gasteiger partial charge in [0.05, 0.1) is 18.8 Å². The number of ether oxygens (including phenoxy) is 3. The number of guanidine groups is 1. The van der Waals surface area contributed by atoms with Crippen LogP contribution in [-0.4, -0.2) is 90.5 Å². The third-order valence-electron chi connectivity index (χ3n) is 10.5. The number of carbonyl (C=O) groups is 1. The highest BCUT2D eigenvalue weighted by Crippen LogP contribution is 2.47. The van der Waals surface area contributed by atoms with E-state index in [9.17, 15) is 20.1 Å². The topological polar surface area (TPSA) is 154 Å². The maximum absolute atomic E-state index is 13.0. The lowest BCUT2D eigenvalue weighted by Gasteiger charge is -2.42. The van der Waals surface area contributed by atoms with Crippen molar-refractivity contribution in [3.63, 3.8) is 0 Å². The number of aryl methyl sites for hydroxylation is 2. The van der Waals surface area contributed by atoms with Crippen molar-refractivity contribution >= 4 is 33.3 Å². The number of Topliss-reactive ketones (excluding diaryl/α,β-unsaturated/α-hetero) is 1. The zero-order valence-corrected chi connectivity index (χ0v) is 32.1. The number of benzene rings is 2. The van der Waals surface area contributed by atoms with E-state index in [4.69, 9.17) is 19.2 Å².